The third-order valence-electron chi connectivity index (χ3n) is 5.29. The third-order valence-corrected chi connectivity index (χ3v) is 5.29. The molecule has 5 heteroatoms. The number of carbonyl (C=O) groups is 2. The quantitative estimate of drug-likeness (QED) is 0.327. The third kappa shape index (κ3) is 8.39. The molecule has 0 radical (unpaired) electrons. The molecule has 1 aliphatic rings. The Labute approximate surface area is 168 Å². The highest BCUT2D eigenvalue weighted by Gasteiger charge is 2.32. The van der Waals surface area contributed by atoms with E-state index in [1.807, 2.05) is 24.3 Å². The molecule has 3 N–H and O–H groups in total. The van der Waals surface area contributed by atoms with Gasteiger partial charge in [-0.2, -0.15) is 0 Å². The molecule has 1 rings (SSSR count). The van der Waals surface area contributed by atoms with E-state index in [0.717, 1.165) is 19.3 Å². The minimum atomic E-state index is -1.34. The number of ketones is 1. The zero-order chi connectivity index (χ0) is 21.0. The number of aliphatic carboxylic acids is 1. The van der Waals surface area contributed by atoms with E-state index in [1.165, 1.54) is 0 Å². The highest BCUT2D eigenvalue weighted by Crippen LogP contribution is 2.33. The standard InChI is InChI=1S/C23H34O5/c1-3-5-16-23(28,15-4-2)17-9-10-18-13-14-20(24)19(18)11-7-6-8-12-21(25)22(26)27/h6-7,9-10,15,18-19,21,25,28H,2-3,5,8,11-14,16-17H2,1H3,(H,26,27)/t18-,19+,21?,23?/m0/s1. The molecule has 28 heavy (non-hydrogen) atoms. The minimum Gasteiger partial charge on any atom is -0.479 e. The Morgan fingerprint density at radius 1 is 1.39 bits per heavy atom. The van der Waals surface area contributed by atoms with E-state index in [2.05, 4.69) is 19.2 Å². The second-order valence-corrected chi connectivity index (χ2v) is 7.60. The van der Waals surface area contributed by atoms with E-state index in [1.54, 1.807) is 6.08 Å². The van der Waals surface area contributed by atoms with Crippen LogP contribution in [0.5, 0.6) is 0 Å². The van der Waals surface area contributed by atoms with Crippen molar-refractivity contribution in [3.05, 3.63) is 42.7 Å². The van der Waals surface area contributed by atoms with Crippen LogP contribution in [0.25, 0.3) is 0 Å². The summed E-state index contributed by atoms with van der Waals surface area (Å²) in [6.07, 6.45) is 13.7. The molecule has 0 aromatic heterocycles. The summed E-state index contributed by atoms with van der Waals surface area (Å²) >= 11 is 0. The highest BCUT2D eigenvalue weighted by atomic mass is 16.4. The van der Waals surface area contributed by atoms with Gasteiger partial charge in [-0.15, -0.1) is 5.73 Å². The molecule has 1 saturated carbocycles. The first-order valence-corrected chi connectivity index (χ1v) is 10.2. The largest absolute Gasteiger partial charge is 0.479 e. The van der Waals surface area contributed by atoms with Crippen molar-refractivity contribution in [2.75, 3.05) is 0 Å². The van der Waals surface area contributed by atoms with Crippen molar-refractivity contribution in [1.82, 2.24) is 0 Å². The van der Waals surface area contributed by atoms with Gasteiger partial charge in [0.1, 0.15) is 5.78 Å². The number of hydrogen-bond donors (Lipinski definition) is 3. The van der Waals surface area contributed by atoms with Crippen LogP contribution in [0.3, 0.4) is 0 Å². The number of carbonyl (C=O) groups excluding carboxylic acids is 1. The summed E-state index contributed by atoms with van der Waals surface area (Å²) in [5, 5.41) is 28.6. The maximum absolute atomic E-state index is 12.2. The fraction of sp³-hybridized carbons (Fsp3) is 0.609. The molecular weight excluding hydrogens is 356 g/mol. The molecular formula is C23H34O5. The second-order valence-electron chi connectivity index (χ2n) is 7.60. The fourth-order valence-corrected chi connectivity index (χ4v) is 3.56. The molecule has 0 spiro atoms. The average molecular weight is 391 g/mol. The molecule has 5 nitrogen and oxygen atoms in total. The van der Waals surface area contributed by atoms with Crippen LogP contribution in [-0.4, -0.2) is 38.8 Å². The van der Waals surface area contributed by atoms with Crippen LogP contribution in [0.2, 0.25) is 0 Å². The van der Waals surface area contributed by atoms with E-state index in [0.29, 0.717) is 32.1 Å². The predicted octanol–water partition coefficient (Wildman–Crippen LogP) is 3.96. The normalized spacial score (nSPS) is 23.0. The lowest BCUT2D eigenvalue weighted by Crippen LogP contribution is -2.24. The van der Waals surface area contributed by atoms with Gasteiger partial charge >= 0.3 is 5.97 Å². The van der Waals surface area contributed by atoms with Crippen molar-refractivity contribution in [1.29, 1.82) is 0 Å². The monoisotopic (exact) mass is 390 g/mol. The summed E-state index contributed by atoms with van der Waals surface area (Å²) in [7, 11) is 0. The van der Waals surface area contributed by atoms with Crippen molar-refractivity contribution in [2.24, 2.45) is 11.8 Å². The summed E-state index contributed by atoms with van der Waals surface area (Å²) < 4.78 is 0. The summed E-state index contributed by atoms with van der Waals surface area (Å²) in [5.41, 5.74) is 1.76. The first kappa shape index (κ1) is 24.1. The van der Waals surface area contributed by atoms with Gasteiger partial charge in [0.25, 0.3) is 0 Å². The Morgan fingerprint density at radius 3 is 2.79 bits per heavy atom. The van der Waals surface area contributed by atoms with Gasteiger partial charge in [0.2, 0.25) is 0 Å². The highest BCUT2D eigenvalue weighted by molar-refractivity contribution is 5.83. The summed E-state index contributed by atoms with van der Waals surface area (Å²) in [4.78, 5) is 22.8. The van der Waals surface area contributed by atoms with Gasteiger partial charge in [0.15, 0.2) is 6.10 Å². The van der Waals surface area contributed by atoms with Gasteiger partial charge in [0, 0.05) is 12.3 Å². The molecule has 0 amide bonds. The Kier molecular flexibility index (Phi) is 10.8. The van der Waals surface area contributed by atoms with Crippen molar-refractivity contribution in [3.8, 4) is 0 Å². The fourth-order valence-electron chi connectivity index (χ4n) is 3.56. The molecule has 156 valence electrons. The van der Waals surface area contributed by atoms with E-state index in [4.69, 9.17) is 5.11 Å². The molecule has 1 aliphatic carbocycles. The molecule has 0 aliphatic heterocycles. The number of carboxylic acids is 1. The summed E-state index contributed by atoms with van der Waals surface area (Å²) in [6.45, 7) is 5.65. The van der Waals surface area contributed by atoms with Crippen molar-refractivity contribution in [2.45, 2.75) is 76.4 Å². The predicted molar refractivity (Wildman–Crippen MR) is 110 cm³/mol. The van der Waals surface area contributed by atoms with Gasteiger partial charge in [-0.25, -0.2) is 4.79 Å². The minimum absolute atomic E-state index is 0.0735. The number of carboxylic acid groups (broad SMARTS) is 1. The van der Waals surface area contributed by atoms with Crippen LogP contribution in [0.1, 0.15) is 64.7 Å². The molecule has 0 saturated heterocycles. The van der Waals surface area contributed by atoms with Crippen molar-refractivity contribution in [3.63, 3.8) is 0 Å². The van der Waals surface area contributed by atoms with Crippen LogP contribution < -0.4 is 0 Å². The topological polar surface area (TPSA) is 94.8 Å². The molecule has 0 heterocycles. The van der Waals surface area contributed by atoms with E-state index < -0.39 is 17.7 Å². The molecule has 1 fully saturated rings. The Hall–Kier alpha value is -1.94. The number of rotatable bonds is 13. The van der Waals surface area contributed by atoms with Crippen LogP contribution in [0, 0.1) is 11.8 Å². The van der Waals surface area contributed by atoms with Gasteiger partial charge in [0.05, 0.1) is 5.60 Å². The number of aliphatic hydroxyl groups excluding tert-OH is 1. The maximum atomic E-state index is 12.2. The SMILES string of the molecule is C=C=CC(O)(CC=C[C@H]1CCC(=O)[C@@H]1CC=CCCC(O)C(=O)O)CCCC. The lowest BCUT2D eigenvalue weighted by molar-refractivity contribution is -0.146. The van der Waals surface area contributed by atoms with Gasteiger partial charge < -0.3 is 15.3 Å². The molecule has 0 aromatic rings. The number of allylic oxidation sites excluding steroid dienone is 3. The first-order valence-electron chi connectivity index (χ1n) is 10.2. The Balaban J connectivity index is 2.57. The van der Waals surface area contributed by atoms with Crippen LogP contribution >= 0.6 is 0 Å². The number of Topliss-reactive ketones (excluding diaryl/α,β-unsaturated/α-hetero) is 1. The molecule has 4 atom stereocenters. The van der Waals surface area contributed by atoms with Crippen molar-refractivity contribution >= 4 is 11.8 Å². The molecule has 0 bridgehead atoms. The van der Waals surface area contributed by atoms with Crippen LogP contribution in [0.4, 0.5) is 0 Å². The summed E-state index contributed by atoms with van der Waals surface area (Å²) in [5.74, 6) is -0.882. The number of hydrogen-bond acceptors (Lipinski definition) is 4. The second kappa shape index (κ2) is 12.5. The van der Waals surface area contributed by atoms with Gasteiger partial charge in [-0.05, 0) is 50.5 Å². The Morgan fingerprint density at radius 2 is 2.14 bits per heavy atom. The van der Waals surface area contributed by atoms with E-state index in [-0.39, 0.29) is 24.0 Å². The molecule has 0 aromatic carbocycles. The smallest absolute Gasteiger partial charge is 0.332 e. The molecule has 2 unspecified atom stereocenters. The maximum Gasteiger partial charge on any atom is 0.332 e. The zero-order valence-corrected chi connectivity index (χ0v) is 16.8. The average Bonchev–Trinajstić information content (AvgIpc) is 2.99. The first-order chi connectivity index (χ1) is 13.3. The van der Waals surface area contributed by atoms with Gasteiger partial charge in [-0.1, -0.05) is 50.6 Å². The number of unbranched alkanes of at least 4 members (excludes halogenated alkanes) is 1. The lowest BCUT2D eigenvalue weighted by Gasteiger charge is -2.22. The van der Waals surface area contributed by atoms with E-state index in [9.17, 15) is 19.8 Å². The van der Waals surface area contributed by atoms with E-state index >= 15 is 0 Å². The van der Waals surface area contributed by atoms with Crippen LogP contribution in [0.15, 0.2) is 42.7 Å². The summed E-state index contributed by atoms with van der Waals surface area (Å²) in [6, 6.07) is 0. The van der Waals surface area contributed by atoms with Crippen LogP contribution in [-0.2, 0) is 9.59 Å². The Bertz CT molecular complexity index is 614. The number of aliphatic hydroxyl groups is 2. The van der Waals surface area contributed by atoms with Crippen molar-refractivity contribution < 1.29 is 24.9 Å². The zero-order valence-electron chi connectivity index (χ0n) is 16.8. The lowest BCUT2D eigenvalue weighted by atomic mass is 9.89. The van der Waals surface area contributed by atoms with Gasteiger partial charge in [-0.3, -0.25) is 4.79 Å².